The van der Waals surface area contributed by atoms with Crippen molar-refractivity contribution in [2.45, 2.75) is 38.5 Å². The van der Waals surface area contributed by atoms with Crippen molar-refractivity contribution in [3.63, 3.8) is 0 Å². The summed E-state index contributed by atoms with van der Waals surface area (Å²) in [7, 11) is 0. The highest BCUT2D eigenvalue weighted by atomic mass is 16.4. The first kappa shape index (κ1) is 8.79. The molecule has 2 rings (SSSR count). The van der Waals surface area contributed by atoms with Gasteiger partial charge in [-0.15, -0.1) is 0 Å². The van der Waals surface area contributed by atoms with E-state index in [1.54, 1.807) is 0 Å². The Balaban J connectivity index is 2.15. The summed E-state index contributed by atoms with van der Waals surface area (Å²) in [5.41, 5.74) is -0.378. The molecule has 1 fully saturated rings. The van der Waals surface area contributed by atoms with E-state index in [1.807, 2.05) is 0 Å². The molecule has 1 unspecified atom stereocenters. The molecule has 0 amide bonds. The lowest BCUT2D eigenvalue weighted by atomic mass is 9.59. The van der Waals surface area contributed by atoms with Crippen LogP contribution in [0.1, 0.15) is 38.5 Å². The van der Waals surface area contributed by atoms with Crippen molar-refractivity contribution in [2.75, 3.05) is 0 Å². The van der Waals surface area contributed by atoms with Crippen LogP contribution in [0.2, 0.25) is 0 Å². The molecule has 2 nitrogen and oxygen atoms in total. The first-order valence-corrected chi connectivity index (χ1v) is 5.16. The van der Waals surface area contributed by atoms with Gasteiger partial charge in [-0.05, 0) is 38.0 Å². The van der Waals surface area contributed by atoms with Crippen LogP contribution in [0.15, 0.2) is 12.2 Å². The number of aliphatic carboxylic acids is 1. The predicted molar refractivity (Wildman–Crippen MR) is 50.4 cm³/mol. The first-order valence-electron chi connectivity index (χ1n) is 5.16. The summed E-state index contributed by atoms with van der Waals surface area (Å²) < 4.78 is 0. The van der Waals surface area contributed by atoms with E-state index in [0.29, 0.717) is 5.92 Å². The fourth-order valence-electron chi connectivity index (χ4n) is 2.57. The van der Waals surface area contributed by atoms with Crippen LogP contribution >= 0.6 is 0 Å². The van der Waals surface area contributed by atoms with Crippen LogP contribution in [0, 0.1) is 11.3 Å². The third-order valence-electron chi connectivity index (χ3n) is 3.64. The summed E-state index contributed by atoms with van der Waals surface area (Å²) in [6.45, 7) is 0. The molecule has 2 aliphatic carbocycles. The van der Waals surface area contributed by atoms with Crippen LogP contribution in [0.3, 0.4) is 0 Å². The molecule has 1 N–H and O–H groups in total. The largest absolute Gasteiger partial charge is 0.481 e. The molecular weight excluding hydrogens is 164 g/mol. The maximum absolute atomic E-state index is 11.2. The number of allylic oxidation sites excluding steroid dienone is 2. The van der Waals surface area contributed by atoms with Crippen molar-refractivity contribution in [1.82, 2.24) is 0 Å². The smallest absolute Gasteiger partial charge is 0.310 e. The van der Waals surface area contributed by atoms with Gasteiger partial charge in [0, 0.05) is 0 Å². The number of carbonyl (C=O) groups is 1. The highest BCUT2D eigenvalue weighted by Crippen LogP contribution is 2.50. The zero-order valence-electron chi connectivity index (χ0n) is 7.83. The van der Waals surface area contributed by atoms with E-state index >= 15 is 0 Å². The van der Waals surface area contributed by atoms with Crippen LogP contribution in [0.25, 0.3) is 0 Å². The molecule has 72 valence electrons. The Bertz CT molecular complexity index is 238. The molecule has 0 heterocycles. The summed E-state index contributed by atoms with van der Waals surface area (Å²) in [6.07, 6.45) is 10.5. The average molecular weight is 180 g/mol. The van der Waals surface area contributed by atoms with Gasteiger partial charge in [0.25, 0.3) is 0 Å². The normalized spacial score (nSPS) is 30.9. The lowest BCUT2D eigenvalue weighted by Gasteiger charge is -2.44. The molecule has 0 saturated heterocycles. The molecule has 0 aliphatic heterocycles. The minimum absolute atomic E-state index is 0.312. The third-order valence-corrected chi connectivity index (χ3v) is 3.64. The quantitative estimate of drug-likeness (QED) is 0.663. The number of rotatable bonds is 2. The molecular formula is C11H16O2. The zero-order valence-corrected chi connectivity index (χ0v) is 7.83. The van der Waals surface area contributed by atoms with Gasteiger partial charge in [0.15, 0.2) is 0 Å². The lowest BCUT2D eigenvalue weighted by molar-refractivity contribution is -0.158. The SMILES string of the molecule is O=C(O)C1(C2C=CCCC2)CCC1. The minimum atomic E-state index is -0.574. The average Bonchev–Trinajstić information content (AvgIpc) is 2.03. The van der Waals surface area contributed by atoms with Crippen molar-refractivity contribution >= 4 is 5.97 Å². The Kier molecular flexibility index (Phi) is 2.14. The van der Waals surface area contributed by atoms with E-state index < -0.39 is 5.97 Å². The number of carboxylic acid groups (broad SMARTS) is 1. The van der Waals surface area contributed by atoms with Crippen LogP contribution in [0.5, 0.6) is 0 Å². The van der Waals surface area contributed by atoms with E-state index in [-0.39, 0.29) is 5.41 Å². The van der Waals surface area contributed by atoms with Crippen LogP contribution in [-0.2, 0) is 4.79 Å². The fourth-order valence-corrected chi connectivity index (χ4v) is 2.57. The molecule has 0 aromatic heterocycles. The van der Waals surface area contributed by atoms with Gasteiger partial charge in [-0.1, -0.05) is 18.6 Å². The molecule has 0 spiro atoms. The van der Waals surface area contributed by atoms with Crippen LogP contribution in [-0.4, -0.2) is 11.1 Å². The van der Waals surface area contributed by atoms with Gasteiger partial charge >= 0.3 is 5.97 Å². The Morgan fingerprint density at radius 3 is 2.54 bits per heavy atom. The van der Waals surface area contributed by atoms with Gasteiger partial charge < -0.3 is 5.11 Å². The maximum atomic E-state index is 11.2. The highest BCUT2D eigenvalue weighted by Gasteiger charge is 2.49. The monoisotopic (exact) mass is 180 g/mol. The number of hydrogen-bond acceptors (Lipinski definition) is 1. The van der Waals surface area contributed by atoms with Gasteiger partial charge in [-0.2, -0.15) is 0 Å². The summed E-state index contributed by atoms with van der Waals surface area (Å²) in [4.78, 5) is 11.2. The maximum Gasteiger partial charge on any atom is 0.310 e. The fraction of sp³-hybridized carbons (Fsp3) is 0.727. The van der Waals surface area contributed by atoms with Crippen LogP contribution < -0.4 is 0 Å². The van der Waals surface area contributed by atoms with Gasteiger partial charge in [-0.25, -0.2) is 0 Å². The molecule has 13 heavy (non-hydrogen) atoms. The second-order valence-corrected chi connectivity index (χ2v) is 4.28. The highest BCUT2D eigenvalue weighted by molar-refractivity contribution is 5.76. The first-order chi connectivity index (χ1) is 6.26. The van der Waals surface area contributed by atoms with Crippen molar-refractivity contribution in [2.24, 2.45) is 11.3 Å². The molecule has 2 aliphatic rings. The predicted octanol–water partition coefficient (Wildman–Crippen LogP) is 2.60. The Labute approximate surface area is 78.6 Å². The topological polar surface area (TPSA) is 37.3 Å². The zero-order chi connectivity index (χ0) is 9.31. The molecule has 0 bridgehead atoms. The van der Waals surface area contributed by atoms with E-state index in [2.05, 4.69) is 12.2 Å². The molecule has 2 heteroatoms. The molecule has 1 atom stereocenters. The van der Waals surface area contributed by atoms with Crippen molar-refractivity contribution < 1.29 is 9.90 Å². The van der Waals surface area contributed by atoms with E-state index in [1.165, 1.54) is 0 Å². The van der Waals surface area contributed by atoms with Crippen molar-refractivity contribution in [1.29, 1.82) is 0 Å². The Morgan fingerprint density at radius 2 is 2.15 bits per heavy atom. The molecule has 0 aromatic carbocycles. The summed E-state index contributed by atoms with van der Waals surface area (Å²) in [5.74, 6) is -0.261. The van der Waals surface area contributed by atoms with Gasteiger partial charge in [0.2, 0.25) is 0 Å². The standard InChI is InChI=1S/C11H16O2/c12-10(13)11(7-4-8-11)9-5-2-1-3-6-9/h2,5,9H,1,3-4,6-8H2,(H,12,13). The van der Waals surface area contributed by atoms with Crippen LogP contribution in [0.4, 0.5) is 0 Å². The molecule has 0 aromatic rings. The molecule has 0 radical (unpaired) electrons. The summed E-state index contributed by atoms with van der Waals surface area (Å²) in [6, 6.07) is 0. The number of hydrogen-bond donors (Lipinski definition) is 1. The van der Waals surface area contributed by atoms with E-state index in [4.69, 9.17) is 0 Å². The minimum Gasteiger partial charge on any atom is -0.481 e. The van der Waals surface area contributed by atoms with Crippen molar-refractivity contribution in [3.8, 4) is 0 Å². The Morgan fingerprint density at radius 1 is 1.38 bits per heavy atom. The Hall–Kier alpha value is -0.790. The van der Waals surface area contributed by atoms with Gasteiger partial charge in [0.05, 0.1) is 5.41 Å². The van der Waals surface area contributed by atoms with Gasteiger partial charge in [0.1, 0.15) is 0 Å². The second kappa shape index (κ2) is 3.17. The third kappa shape index (κ3) is 1.28. The van der Waals surface area contributed by atoms with Crippen molar-refractivity contribution in [3.05, 3.63) is 12.2 Å². The van der Waals surface area contributed by atoms with Gasteiger partial charge in [-0.3, -0.25) is 4.79 Å². The summed E-state index contributed by atoms with van der Waals surface area (Å²) >= 11 is 0. The lowest BCUT2D eigenvalue weighted by Crippen LogP contribution is -2.44. The van der Waals surface area contributed by atoms with E-state index in [9.17, 15) is 9.90 Å². The second-order valence-electron chi connectivity index (χ2n) is 4.28. The molecule has 1 saturated carbocycles. The van der Waals surface area contributed by atoms with E-state index in [0.717, 1.165) is 38.5 Å². The summed E-state index contributed by atoms with van der Waals surface area (Å²) in [5, 5.41) is 9.20. The number of carboxylic acids is 1.